The second kappa shape index (κ2) is 3.22. The Bertz CT molecular complexity index is 341. The first-order valence-corrected chi connectivity index (χ1v) is 4.99. The summed E-state index contributed by atoms with van der Waals surface area (Å²) in [7, 11) is 0. The maximum Gasteiger partial charge on any atom is 0.322 e. The van der Waals surface area contributed by atoms with Gasteiger partial charge in [0.2, 0.25) is 5.91 Å². The van der Waals surface area contributed by atoms with Gasteiger partial charge in [-0.15, -0.1) is 0 Å². The van der Waals surface area contributed by atoms with Crippen LogP contribution in [0.4, 0.5) is 4.79 Å². The lowest BCUT2D eigenvalue weighted by molar-refractivity contribution is -0.135. The molecule has 2 fully saturated rings. The van der Waals surface area contributed by atoms with Gasteiger partial charge in [0.25, 0.3) is 5.91 Å². The molecule has 2 rings (SSSR count). The molecule has 4 amide bonds. The van der Waals surface area contributed by atoms with Crippen LogP contribution >= 0.6 is 0 Å². The van der Waals surface area contributed by atoms with Crippen LogP contribution in [-0.2, 0) is 9.59 Å². The third-order valence-corrected chi connectivity index (χ3v) is 3.22. The van der Waals surface area contributed by atoms with Crippen molar-refractivity contribution in [3.63, 3.8) is 0 Å². The van der Waals surface area contributed by atoms with Crippen molar-refractivity contribution in [3.8, 4) is 0 Å². The van der Waals surface area contributed by atoms with Crippen molar-refractivity contribution in [1.29, 1.82) is 0 Å². The van der Waals surface area contributed by atoms with Crippen LogP contribution in [0.25, 0.3) is 0 Å². The molecule has 0 aromatic rings. The van der Waals surface area contributed by atoms with Crippen molar-refractivity contribution < 1.29 is 14.4 Å². The maximum atomic E-state index is 11.7. The summed E-state index contributed by atoms with van der Waals surface area (Å²) in [5.41, 5.74) is 4.18. The van der Waals surface area contributed by atoms with Crippen LogP contribution in [0.2, 0.25) is 0 Å². The molecule has 2 unspecified atom stereocenters. The molecule has 6 nitrogen and oxygen atoms in total. The zero-order valence-corrected chi connectivity index (χ0v) is 8.21. The van der Waals surface area contributed by atoms with Gasteiger partial charge in [0.15, 0.2) is 0 Å². The molecule has 15 heavy (non-hydrogen) atoms. The minimum absolute atomic E-state index is 0.420. The van der Waals surface area contributed by atoms with E-state index >= 15 is 0 Å². The van der Waals surface area contributed by atoms with Crippen LogP contribution in [0.1, 0.15) is 25.7 Å². The first-order chi connectivity index (χ1) is 7.06. The second-order valence-corrected chi connectivity index (χ2v) is 4.08. The normalized spacial score (nSPS) is 35.1. The van der Waals surface area contributed by atoms with Crippen molar-refractivity contribution in [2.45, 2.75) is 31.2 Å². The van der Waals surface area contributed by atoms with E-state index in [9.17, 15) is 14.4 Å². The Balaban J connectivity index is 2.34. The number of nitrogens with two attached hydrogens (primary N) is 1. The smallest absolute Gasteiger partial charge is 0.322 e. The summed E-state index contributed by atoms with van der Waals surface area (Å²) in [6.45, 7) is 0. The van der Waals surface area contributed by atoms with E-state index in [0.29, 0.717) is 12.8 Å². The molecular weight excluding hydrogens is 198 g/mol. The minimum atomic E-state index is -1.08. The molecule has 1 saturated heterocycles. The molecule has 0 aromatic heterocycles. The van der Waals surface area contributed by atoms with Gasteiger partial charge in [-0.25, -0.2) is 4.79 Å². The molecular formula is C9H13N3O3. The third-order valence-electron chi connectivity index (χ3n) is 3.22. The highest BCUT2D eigenvalue weighted by Crippen LogP contribution is 2.35. The molecule has 0 radical (unpaired) electrons. The van der Waals surface area contributed by atoms with Gasteiger partial charge in [-0.3, -0.25) is 14.9 Å². The van der Waals surface area contributed by atoms with Crippen molar-refractivity contribution in [2.75, 3.05) is 0 Å². The molecule has 1 saturated carbocycles. The number of rotatable bonds is 1. The SMILES string of the molecule is NC(=O)C1CCCCC12NC(=O)NC2=O. The summed E-state index contributed by atoms with van der Waals surface area (Å²) in [5.74, 6) is -1.53. The van der Waals surface area contributed by atoms with Crippen LogP contribution in [0.3, 0.4) is 0 Å². The van der Waals surface area contributed by atoms with E-state index in [-0.39, 0.29) is 0 Å². The summed E-state index contributed by atoms with van der Waals surface area (Å²) in [6, 6.07) is -0.534. The largest absolute Gasteiger partial charge is 0.369 e. The fraction of sp³-hybridized carbons (Fsp3) is 0.667. The fourth-order valence-corrected chi connectivity index (χ4v) is 2.48. The summed E-state index contributed by atoms with van der Waals surface area (Å²) < 4.78 is 0. The van der Waals surface area contributed by atoms with Crippen LogP contribution in [-0.4, -0.2) is 23.4 Å². The molecule has 6 heteroatoms. The van der Waals surface area contributed by atoms with Crippen LogP contribution in [0, 0.1) is 5.92 Å². The molecule has 4 N–H and O–H groups in total. The van der Waals surface area contributed by atoms with Crippen LogP contribution in [0.5, 0.6) is 0 Å². The van der Waals surface area contributed by atoms with Gasteiger partial charge in [-0.2, -0.15) is 0 Å². The van der Waals surface area contributed by atoms with Crippen molar-refractivity contribution in [2.24, 2.45) is 11.7 Å². The second-order valence-electron chi connectivity index (χ2n) is 4.08. The summed E-state index contributed by atoms with van der Waals surface area (Å²) in [6.07, 6.45) is 2.72. The Morgan fingerprint density at radius 3 is 2.67 bits per heavy atom. The van der Waals surface area contributed by atoms with E-state index in [2.05, 4.69) is 10.6 Å². The van der Waals surface area contributed by atoms with E-state index in [1.165, 1.54) is 0 Å². The zero-order valence-electron chi connectivity index (χ0n) is 8.21. The van der Waals surface area contributed by atoms with E-state index in [4.69, 9.17) is 5.73 Å². The van der Waals surface area contributed by atoms with Gasteiger partial charge in [0.05, 0.1) is 5.92 Å². The zero-order chi connectivity index (χ0) is 11.1. The van der Waals surface area contributed by atoms with E-state index in [1.807, 2.05) is 0 Å². The minimum Gasteiger partial charge on any atom is -0.369 e. The number of hydrogen-bond donors (Lipinski definition) is 3. The highest BCUT2D eigenvalue weighted by Gasteiger charge is 2.54. The number of carbonyl (C=O) groups is 3. The molecule has 2 atom stereocenters. The van der Waals surface area contributed by atoms with E-state index < -0.39 is 29.3 Å². The van der Waals surface area contributed by atoms with E-state index in [0.717, 1.165) is 12.8 Å². The summed E-state index contributed by atoms with van der Waals surface area (Å²) in [4.78, 5) is 34.0. The predicted molar refractivity (Wildman–Crippen MR) is 50.6 cm³/mol. The Morgan fingerprint density at radius 1 is 1.40 bits per heavy atom. The quantitative estimate of drug-likeness (QED) is 0.497. The van der Waals surface area contributed by atoms with Gasteiger partial charge < -0.3 is 11.1 Å². The molecule has 2 aliphatic rings. The van der Waals surface area contributed by atoms with Crippen molar-refractivity contribution in [3.05, 3.63) is 0 Å². The lowest BCUT2D eigenvalue weighted by Gasteiger charge is -2.36. The van der Waals surface area contributed by atoms with Gasteiger partial charge in [-0.05, 0) is 12.8 Å². The van der Waals surface area contributed by atoms with Crippen LogP contribution in [0.15, 0.2) is 0 Å². The highest BCUT2D eigenvalue weighted by atomic mass is 16.2. The lowest BCUT2D eigenvalue weighted by Crippen LogP contribution is -2.58. The Labute approximate surface area is 86.6 Å². The van der Waals surface area contributed by atoms with Gasteiger partial charge in [-0.1, -0.05) is 12.8 Å². The van der Waals surface area contributed by atoms with Crippen molar-refractivity contribution in [1.82, 2.24) is 10.6 Å². The molecule has 0 bridgehead atoms. The third kappa shape index (κ3) is 1.36. The summed E-state index contributed by atoms with van der Waals surface area (Å²) >= 11 is 0. The number of carbonyl (C=O) groups excluding carboxylic acids is 3. The Kier molecular flexibility index (Phi) is 2.13. The summed E-state index contributed by atoms with van der Waals surface area (Å²) in [5, 5.41) is 4.72. The highest BCUT2D eigenvalue weighted by molar-refractivity contribution is 6.09. The number of urea groups is 1. The average Bonchev–Trinajstić information content (AvgIpc) is 2.42. The van der Waals surface area contributed by atoms with Crippen LogP contribution < -0.4 is 16.4 Å². The monoisotopic (exact) mass is 211 g/mol. The molecule has 1 spiro atoms. The predicted octanol–water partition coefficient (Wildman–Crippen LogP) is -0.760. The Morgan fingerprint density at radius 2 is 2.13 bits per heavy atom. The maximum absolute atomic E-state index is 11.7. The van der Waals surface area contributed by atoms with Crippen molar-refractivity contribution >= 4 is 17.8 Å². The first kappa shape index (κ1) is 9.95. The topological polar surface area (TPSA) is 101 Å². The first-order valence-electron chi connectivity index (χ1n) is 4.99. The number of hydrogen-bond acceptors (Lipinski definition) is 3. The van der Waals surface area contributed by atoms with Gasteiger partial charge in [0.1, 0.15) is 5.54 Å². The fourth-order valence-electron chi connectivity index (χ4n) is 2.48. The molecule has 1 heterocycles. The number of amides is 4. The van der Waals surface area contributed by atoms with Gasteiger partial charge in [0, 0.05) is 0 Å². The molecule has 82 valence electrons. The number of nitrogens with one attached hydrogen (secondary N) is 2. The number of imide groups is 1. The number of primary amides is 1. The van der Waals surface area contributed by atoms with E-state index in [1.54, 1.807) is 0 Å². The Hall–Kier alpha value is -1.59. The molecule has 1 aliphatic heterocycles. The van der Waals surface area contributed by atoms with Gasteiger partial charge >= 0.3 is 6.03 Å². The molecule has 1 aliphatic carbocycles. The molecule has 0 aromatic carbocycles. The standard InChI is InChI=1S/C9H13N3O3/c10-6(13)5-3-1-2-4-9(5)7(14)11-8(15)12-9/h5H,1-4H2,(H2,10,13)(H2,11,12,14,15). The lowest BCUT2D eigenvalue weighted by atomic mass is 9.72. The average molecular weight is 211 g/mol.